The van der Waals surface area contributed by atoms with Crippen molar-refractivity contribution in [1.29, 1.82) is 0 Å². The summed E-state index contributed by atoms with van der Waals surface area (Å²) in [5.74, 6) is 0. The topological polar surface area (TPSA) is 60.2 Å². The van der Waals surface area contributed by atoms with E-state index in [4.69, 9.17) is 28.3 Å². The molecule has 2 N–H and O–H groups in total. The smallest absolute Gasteiger partial charge is 0.225 e. The van der Waals surface area contributed by atoms with Crippen LogP contribution in [-0.4, -0.2) is 8.42 Å². The predicted octanol–water partition coefficient (Wildman–Crippen LogP) is 5.35. The fraction of sp³-hybridized carbons (Fsp3) is 0.143. The number of hydrogen-bond donors (Lipinski definition) is 1. The van der Waals surface area contributed by atoms with Crippen molar-refractivity contribution in [3.8, 4) is 11.1 Å². The van der Waals surface area contributed by atoms with Crippen LogP contribution in [0.5, 0.6) is 0 Å². The van der Waals surface area contributed by atoms with Crippen molar-refractivity contribution >= 4 is 33.2 Å². The van der Waals surface area contributed by atoms with Gasteiger partial charge in [-0.3, -0.25) is 0 Å². The number of halogens is 8. The van der Waals surface area contributed by atoms with Crippen LogP contribution in [0.4, 0.5) is 26.3 Å². The second-order valence-electron chi connectivity index (χ2n) is 5.10. The molecule has 0 unspecified atom stereocenters. The molecule has 26 heavy (non-hydrogen) atoms. The van der Waals surface area contributed by atoms with E-state index in [1.54, 1.807) is 0 Å². The molecule has 0 saturated carbocycles. The monoisotopic (exact) mass is 437 g/mol. The molecule has 0 heterocycles. The van der Waals surface area contributed by atoms with Crippen molar-refractivity contribution < 1.29 is 34.8 Å². The minimum atomic E-state index is -5.11. The zero-order valence-electron chi connectivity index (χ0n) is 12.2. The first-order chi connectivity index (χ1) is 11.6. The third-order valence-electron chi connectivity index (χ3n) is 3.19. The summed E-state index contributed by atoms with van der Waals surface area (Å²) >= 11 is 11.5. The Hall–Kier alpha value is -1.49. The summed E-state index contributed by atoms with van der Waals surface area (Å²) in [7, 11) is -4.58. The van der Waals surface area contributed by atoms with Gasteiger partial charge in [0, 0.05) is 10.6 Å². The maximum atomic E-state index is 13.0. The highest BCUT2D eigenvalue weighted by Gasteiger charge is 2.37. The van der Waals surface area contributed by atoms with Gasteiger partial charge < -0.3 is 0 Å². The fourth-order valence-corrected chi connectivity index (χ4v) is 3.80. The molecule has 0 bridgehead atoms. The third-order valence-corrected chi connectivity index (χ3v) is 4.83. The second kappa shape index (κ2) is 6.59. The SMILES string of the molecule is NS(=O)(=O)c1c(Cl)cc(Cl)cc1-c1cc(C(F)(F)F)cc(C(F)(F)F)c1. The van der Waals surface area contributed by atoms with E-state index in [0.29, 0.717) is 12.1 Å². The zero-order chi connectivity index (χ0) is 20.1. The van der Waals surface area contributed by atoms with Gasteiger partial charge in [-0.25, -0.2) is 13.6 Å². The molecule has 2 rings (SSSR count). The lowest BCUT2D eigenvalue weighted by molar-refractivity contribution is -0.143. The Morgan fingerprint density at radius 1 is 0.808 bits per heavy atom. The summed E-state index contributed by atoms with van der Waals surface area (Å²) in [5.41, 5.74) is -4.54. The summed E-state index contributed by atoms with van der Waals surface area (Å²) in [4.78, 5) is -0.837. The van der Waals surface area contributed by atoms with Crippen LogP contribution < -0.4 is 5.14 Å². The van der Waals surface area contributed by atoms with Gasteiger partial charge in [0.2, 0.25) is 10.0 Å². The largest absolute Gasteiger partial charge is 0.416 e. The number of alkyl halides is 6. The first kappa shape index (κ1) is 20.8. The number of rotatable bonds is 2. The average Bonchev–Trinajstić information content (AvgIpc) is 2.42. The molecule has 0 aliphatic carbocycles. The van der Waals surface area contributed by atoms with Crippen molar-refractivity contribution in [2.24, 2.45) is 5.14 Å². The predicted molar refractivity (Wildman–Crippen MR) is 83.3 cm³/mol. The molecule has 3 nitrogen and oxygen atoms in total. The standard InChI is InChI=1S/C14H7Cl2F6NO2S/c15-9-4-10(12(11(16)5-9)26(23,24)25)6-1-7(13(17,18)19)3-8(2-6)14(20,21)22/h1-5H,(H2,23,24,25). The molecule has 0 aliphatic heterocycles. The highest BCUT2D eigenvalue weighted by molar-refractivity contribution is 7.89. The van der Waals surface area contributed by atoms with Crippen LogP contribution in [-0.2, 0) is 22.4 Å². The third kappa shape index (κ3) is 4.43. The van der Waals surface area contributed by atoms with Gasteiger partial charge in [0.05, 0.1) is 16.1 Å². The fourth-order valence-electron chi connectivity index (χ4n) is 2.17. The summed E-state index contributed by atoms with van der Waals surface area (Å²) < 4.78 is 101. The molecule has 0 amide bonds. The van der Waals surface area contributed by atoms with E-state index < -0.39 is 54.5 Å². The van der Waals surface area contributed by atoms with Gasteiger partial charge in [-0.15, -0.1) is 0 Å². The highest BCUT2D eigenvalue weighted by Crippen LogP contribution is 2.41. The van der Waals surface area contributed by atoms with E-state index in [2.05, 4.69) is 0 Å². The number of hydrogen-bond acceptors (Lipinski definition) is 2. The van der Waals surface area contributed by atoms with Crippen LogP contribution in [0.3, 0.4) is 0 Å². The molecule has 0 radical (unpaired) electrons. The zero-order valence-corrected chi connectivity index (χ0v) is 14.5. The Labute approximate surface area is 153 Å². The molecule has 0 fully saturated rings. The van der Waals surface area contributed by atoms with E-state index in [1.807, 2.05) is 0 Å². The first-order valence-electron chi connectivity index (χ1n) is 6.42. The molecule has 0 aliphatic rings. The quantitative estimate of drug-likeness (QED) is 0.644. The van der Waals surface area contributed by atoms with Crippen molar-refractivity contribution in [3.63, 3.8) is 0 Å². The lowest BCUT2D eigenvalue weighted by Crippen LogP contribution is -2.15. The van der Waals surface area contributed by atoms with E-state index in [9.17, 15) is 34.8 Å². The van der Waals surface area contributed by atoms with Gasteiger partial charge in [0.15, 0.2) is 0 Å². The Morgan fingerprint density at radius 2 is 1.27 bits per heavy atom. The van der Waals surface area contributed by atoms with Crippen LogP contribution in [0, 0.1) is 0 Å². The Kier molecular flexibility index (Phi) is 5.28. The maximum Gasteiger partial charge on any atom is 0.416 e. The molecule has 0 saturated heterocycles. The summed E-state index contributed by atoms with van der Waals surface area (Å²) in [5, 5.41) is 4.25. The molecule has 12 heteroatoms. The summed E-state index contributed by atoms with van der Waals surface area (Å²) in [6, 6.07) is 2.43. The molecule has 0 spiro atoms. The highest BCUT2D eigenvalue weighted by atomic mass is 35.5. The van der Waals surface area contributed by atoms with Gasteiger partial charge in [0.1, 0.15) is 4.90 Å². The summed E-state index contributed by atoms with van der Waals surface area (Å²) in [6.45, 7) is 0. The average molecular weight is 438 g/mol. The molecule has 2 aromatic rings. The normalized spacial score (nSPS) is 13.1. The number of benzene rings is 2. The Bertz CT molecular complexity index is 938. The van der Waals surface area contributed by atoms with Gasteiger partial charge in [-0.2, -0.15) is 26.3 Å². The van der Waals surface area contributed by atoms with Gasteiger partial charge in [0.25, 0.3) is 0 Å². The molecule has 2 aromatic carbocycles. The molecule has 0 atom stereocenters. The van der Waals surface area contributed by atoms with Crippen molar-refractivity contribution in [3.05, 3.63) is 51.5 Å². The molecular weight excluding hydrogens is 431 g/mol. The molecule has 0 aromatic heterocycles. The first-order valence-corrected chi connectivity index (χ1v) is 8.72. The van der Waals surface area contributed by atoms with E-state index in [-0.39, 0.29) is 11.1 Å². The number of sulfonamides is 1. The van der Waals surface area contributed by atoms with Crippen LogP contribution in [0.1, 0.15) is 11.1 Å². The lowest BCUT2D eigenvalue weighted by Gasteiger charge is -2.16. The van der Waals surface area contributed by atoms with Gasteiger partial charge in [-0.05, 0) is 35.9 Å². The van der Waals surface area contributed by atoms with E-state index in [1.165, 1.54) is 0 Å². The number of nitrogens with two attached hydrogens (primary N) is 1. The molecular formula is C14H7Cl2F6NO2S. The minimum absolute atomic E-state index is 0.0910. The second-order valence-corrected chi connectivity index (χ2v) is 7.45. The molecule has 142 valence electrons. The van der Waals surface area contributed by atoms with Crippen molar-refractivity contribution in [2.75, 3.05) is 0 Å². The van der Waals surface area contributed by atoms with Crippen LogP contribution >= 0.6 is 23.2 Å². The Morgan fingerprint density at radius 3 is 1.65 bits per heavy atom. The van der Waals surface area contributed by atoms with Crippen LogP contribution in [0.2, 0.25) is 10.0 Å². The number of primary sulfonamides is 1. The van der Waals surface area contributed by atoms with Gasteiger partial charge >= 0.3 is 12.4 Å². The van der Waals surface area contributed by atoms with E-state index >= 15 is 0 Å². The Balaban J connectivity index is 2.93. The van der Waals surface area contributed by atoms with Crippen molar-refractivity contribution in [2.45, 2.75) is 17.2 Å². The van der Waals surface area contributed by atoms with Crippen LogP contribution in [0.25, 0.3) is 11.1 Å². The van der Waals surface area contributed by atoms with Gasteiger partial charge in [-0.1, -0.05) is 23.2 Å². The van der Waals surface area contributed by atoms with E-state index in [0.717, 1.165) is 12.1 Å². The summed E-state index contributed by atoms with van der Waals surface area (Å²) in [6.07, 6.45) is -10.2. The lowest BCUT2D eigenvalue weighted by atomic mass is 9.99. The maximum absolute atomic E-state index is 13.0. The van der Waals surface area contributed by atoms with Crippen molar-refractivity contribution in [1.82, 2.24) is 0 Å². The van der Waals surface area contributed by atoms with Crippen LogP contribution in [0.15, 0.2) is 35.2 Å². The minimum Gasteiger partial charge on any atom is -0.225 e.